The number of nitrogens with zero attached hydrogens (tertiary/aromatic N) is 1. The summed E-state index contributed by atoms with van der Waals surface area (Å²) in [6.07, 6.45) is 2.86. The van der Waals surface area contributed by atoms with E-state index in [0.29, 0.717) is 12.5 Å². The summed E-state index contributed by atoms with van der Waals surface area (Å²) in [7, 11) is 1.79. The van der Waals surface area contributed by atoms with Gasteiger partial charge in [0.2, 0.25) is 5.91 Å². The van der Waals surface area contributed by atoms with Crippen molar-refractivity contribution in [2.45, 2.75) is 32.3 Å². The molecule has 0 aliphatic heterocycles. The Morgan fingerprint density at radius 2 is 2.25 bits per heavy atom. The van der Waals surface area contributed by atoms with Gasteiger partial charge >= 0.3 is 0 Å². The third kappa shape index (κ3) is 2.21. The summed E-state index contributed by atoms with van der Waals surface area (Å²) in [5.41, 5.74) is 0. The summed E-state index contributed by atoms with van der Waals surface area (Å²) in [5, 5.41) is 9.48. The molecule has 2 atom stereocenters. The molecule has 1 aliphatic rings. The molecule has 3 nitrogen and oxygen atoms in total. The van der Waals surface area contributed by atoms with Crippen LogP contribution < -0.4 is 0 Å². The molecule has 1 amide bonds. The number of hydrogen-bond acceptors (Lipinski definition) is 2. The molecule has 0 aromatic heterocycles. The number of rotatable bonds is 2. The van der Waals surface area contributed by atoms with Crippen LogP contribution in [0.25, 0.3) is 0 Å². The molecule has 12 heavy (non-hydrogen) atoms. The zero-order valence-corrected chi connectivity index (χ0v) is 7.79. The second-order valence-electron chi connectivity index (χ2n) is 3.66. The van der Waals surface area contributed by atoms with Crippen LogP contribution in [0, 0.1) is 5.92 Å². The van der Waals surface area contributed by atoms with Gasteiger partial charge in [0.15, 0.2) is 0 Å². The van der Waals surface area contributed by atoms with Crippen LogP contribution in [-0.2, 0) is 4.79 Å². The lowest BCUT2D eigenvalue weighted by Crippen LogP contribution is -2.32. The normalized spacial score (nSPS) is 28.9. The van der Waals surface area contributed by atoms with Crippen LogP contribution in [0.3, 0.4) is 0 Å². The summed E-state index contributed by atoms with van der Waals surface area (Å²) in [6, 6.07) is 0. The molecule has 1 saturated carbocycles. The lowest BCUT2D eigenvalue weighted by molar-refractivity contribution is -0.128. The van der Waals surface area contributed by atoms with E-state index in [1.165, 1.54) is 0 Å². The average molecular weight is 171 g/mol. The van der Waals surface area contributed by atoms with Crippen LogP contribution >= 0.6 is 0 Å². The first kappa shape index (κ1) is 9.52. The highest BCUT2D eigenvalue weighted by Crippen LogP contribution is 2.25. The Labute approximate surface area is 73.4 Å². The molecule has 0 heterocycles. The zero-order valence-electron chi connectivity index (χ0n) is 7.79. The van der Waals surface area contributed by atoms with E-state index in [1.54, 1.807) is 18.9 Å². The zero-order chi connectivity index (χ0) is 9.14. The van der Waals surface area contributed by atoms with E-state index in [4.69, 9.17) is 0 Å². The highest BCUT2D eigenvalue weighted by molar-refractivity contribution is 5.72. The summed E-state index contributed by atoms with van der Waals surface area (Å²) >= 11 is 0. The summed E-state index contributed by atoms with van der Waals surface area (Å²) in [5.74, 6) is 0.382. The lowest BCUT2D eigenvalue weighted by Gasteiger charge is -2.21. The Kier molecular flexibility index (Phi) is 3.09. The lowest BCUT2D eigenvalue weighted by atomic mass is 10.1. The van der Waals surface area contributed by atoms with E-state index < -0.39 is 0 Å². The Morgan fingerprint density at radius 3 is 2.67 bits per heavy atom. The molecule has 0 saturated heterocycles. The van der Waals surface area contributed by atoms with Crippen molar-refractivity contribution in [1.82, 2.24) is 4.90 Å². The van der Waals surface area contributed by atoms with E-state index in [9.17, 15) is 9.90 Å². The minimum atomic E-state index is -0.188. The molecule has 0 aromatic carbocycles. The summed E-state index contributed by atoms with van der Waals surface area (Å²) < 4.78 is 0. The van der Waals surface area contributed by atoms with Crippen molar-refractivity contribution in [3.63, 3.8) is 0 Å². The predicted molar refractivity (Wildman–Crippen MR) is 46.7 cm³/mol. The Balaban J connectivity index is 2.35. The second kappa shape index (κ2) is 3.90. The molecule has 1 N–H and O–H groups in total. The van der Waals surface area contributed by atoms with Gasteiger partial charge in [0.1, 0.15) is 0 Å². The average Bonchev–Trinajstić information content (AvgIpc) is 2.36. The van der Waals surface area contributed by atoms with Crippen LogP contribution in [0.4, 0.5) is 0 Å². The van der Waals surface area contributed by atoms with Crippen LogP contribution in [0.5, 0.6) is 0 Å². The molecule has 0 radical (unpaired) electrons. The molecular formula is C9H17NO2. The second-order valence-corrected chi connectivity index (χ2v) is 3.66. The number of carbonyl (C=O) groups excluding carboxylic acids is 1. The van der Waals surface area contributed by atoms with Crippen LogP contribution in [0.15, 0.2) is 0 Å². The molecule has 0 aromatic rings. The molecule has 0 bridgehead atoms. The summed E-state index contributed by atoms with van der Waals surface area (Å²) in [6.45, 7) is 2.26. The van der Waals surface area contributed by atoms with Crippen LogP contribution in [0.2, 0.25) is 0 Å². The molecule has 1 aliphatic carbocycles. The Hall–Kier alpha value is -0.570. The molecule has 1 rings (SSSR count). The third-order valence-corrected chi connectivity index (χ3v) is 2.66. The maximum absolute atomic E-state index is 10.9. The van der Waals surface area contributed by atoms with E-state index in [1.807, 2.05) is 0 Å². The number of amides is 1. The molecule has 2 unspecified atom stereocenters. The Bertz CT molecular complexity index is 170. The SMILES string of the molecule is CC(=O)N(C)CC1CCCC1O. The van der Waals surface area contributed by atoms with Crippen molar-refractivity contribution < 1.29 is 9.90 Å². The van der Waals surface area contributed by atoms with E-state index >= 15 is 0 Å². The maximum Gasteiger partial charge on any atom is 0.219 e. The quantitative estimate of drug-likeness (QED) is 0.662. The van der Waals surface area contributed by atoms with Gasteiger partial charge in [-0.15, -0.1) is 0 Å². The minimum absolute atomic E-state index is 0.0779. The first-order valence-electron chi connectivity index (χ1n) is 4.51. The van der Waals surface area contributed by atoms with Gasteiger partial charge in [-0.1, -0.05) is 6.42 Å². The van der Waals surface area contributed by atoms with Crippen molar-refractivity contribution in [3.8, 4) is 0 Å². The third-order valence-electron chi connectivity index (χ3n) is 2.66. The topological polar surface area (TPSA) is 40.5 Å². The van der Waals surface area contributed by atoms with Gasteiger partial charge in [-0.2, -0.15) is 0 Å². The van der Waals surface area contributed by atoms with Crippen molar-refractivity contribution in [2.75, 3.05) is 13.6 Å². The van der Waals surface area contributed by atoms with Gasteiger partial charge < -0.3 is 10.0 Å². The van der Waals surface area contributed by atoms with E-state index in [2.05, 4.69) is 0 Å². The highest BCUT2D eigenvalue weighted by atomic mass is 16.3. The summed E-state index contributed by atoms with van der Waals surface area (Å²) in [4.78, 5) is 12.6. The van der Waals surface area contributed by atoms with Gasteiger partial charge in [0.05, 0.1) is 6.10 Å². The highest BCUT2D eigenvalue weighted by Gasteiger charge is 2.26. The maximum atomic E-state index is 10.9. The molecular weight excluding hydrogens is 154 g/mol. The van der Waals surface area contributed by atoms with Crippen molar-refractivity contribution in [3.05, 3.63) is 0 Å². The molecule has 0 spiro atoms. The number of carbonyl (C=O) groups is 1. The first-order chi connectivity index (χ1) is 5.61. The number of hydrogen-bond donors (Lipinski definition) is 1. The van der Waals surface area contributed by atoms with Crippen LogP contribution in [0.1, 0.15) is 26.2 Å². The fourth-order valence-corrected chi connectivity index (χ4v) is 1.71. The first-order valence-corrected chi connectivity index (χ1v) is 4.51. The molecule has 1 fully saturated rings. The minimum Gasteiger partial charge on any atom is -0.393 e. The smallest absolute Gasteiger partial charge is 0.219 e. The largest absolute Gasteiger partial charge is 0.393 e. The predicted octanol–water partition coefficient (Wildman–Crippen LogP) is 0.626. The number of aliphatic hydroxyl groups is 1. The monoisotopic (exact) mass is 171 g/mol. The van der Waals surface area contributed by atoms with Gasteiger partial charge in [0.25, 0.3) is 0 Å². The van der Waals surface area contributed by atoms with Gasteiger partial charge in [-0.05, 0) is 12.8 Å². The van der Waals surface area contributed by atoms with E-state index in [0.717, 1.165) is 19.3 Å². The Morgan fingerprint density at radius 1 is 1.58 bits per heavy atom. The van der Waals surface area contributed by atoms with E-state index in [-0.39, 0.29) is 12.0 Å². The van der Waals surface area contributed by atoms with Crippen molar-refractivity contribution in [1.29, 1.82) is 0 Å². The van der Waals surface area contributed by atoms with Crippen LogP contribution in [-0.4, -0.2) is 35.6 Å². The number of aliphatic hydroxyl groups excluding tert-OH is 1. The van der Waals surface area contributed by atoms with Crippen molar-refractivity contribution in [2.24, 2.45) is 5.92 Å². The fraction of sp³-hybridized carbons (Fsp3) is 0.889. The standard InChI is InChI=1S/C9H17NO2/c1-7(11)10(2)6-8-4-3-5-9(8)12/h8-9,12H,3-6H2,1-2H3. The van der Waals surface area contributed by atoms with Gasteiger partial charge in [-0.3, -0.25) is 4.79 Å². The van der Waals surface area contributed by atoms with Gasteiger partial charge in [-0.25, -0.2) is 0 Å². The molecule has 70 valence electrons. The van der Waals surface area contributed by atoms with Gasteiger partial charge in [0, 0.05) is 26.4 Å². The van der Waals surface area contributed by atoms with Crippen molar-refractivity contribution >= 4 is 5.91 Å². The molecule has 3 heteroatoms. The fourth-order valence-electron chi connectivity index (χ4n) is 1.71.